The number of ketones is 2. The molecule has 0 fully saturated rings. The summed E-state index contributed by atoms with van der Waals surface area (Å²) < 4.78 is 0. The summed E-state index contributed by atoms with van der Waals surface area (Å²) in [6.45, 7) is 0. The van der Waals surface area contributed by atoms with E-state index in [-0.39, 0.29) is 11.6 Å². The molecule has 3 heteroatoms. The van der Waals surface area contributed by atoms with Crippen molar-refractivity contribution in [2.45, 2.75) is 4.90 Å². The number of fused-ring (bicyclic) bond motifs is 1. The minimum atomic E-state index is -0.136. The van der Waals surface area contributed by atoms with E-state index in [1.165, 1.54) is 30.0 Å². The average molecular weight is 266 g/mol. The van der Waals surface area contributed by atoms with Gasteiger partial charge in [-0.1, -0.05) is 42.1 Å². The number of carbonyl (C=O) groups is 2. The van der Waals surface area contributed by atoms with Crippen LogP contribution in [0.2, 0.25) is 0 Å². The highest BCUT2D eigenvalue weighted by molar-refractivity contribution is 8.04. The van der Waals surface area contributed by atoms with Crippen molar-refractivity contribution in [2.75, 3.05) is 0 Å². The van der Waals surface area contributed by atoms with Crippen LogP contribution in [0.1, 0.15) is 0 Å². The zero-order valence-electron chi connectivity index (χ0n) is 10.00. The van der Waals surface area contributed by atoms with Gasteiger partial charge < -0.3 is 0 Å². The smallest absolute Gasteiger partial charge is 0.192 e. The average Bonchev–Trinajstić information content (AvgIpc) is 2.43. The Bertz CT molecular complexity index is 741. The van der Waals surface area contributed by atoms with Crippen LogP contribution in [0.4, 0.5) is 0 Å². The van der Waals surface area contributed by atoms with Crippen molar-refractivity contribution in [1.29, 1.82) is 0 Å². The van der Waals surface area contributed by atoms with E-state index in [1.807, 2.05) is 42.5 Å². The van der Waals surface area contributed by atoms with Gasteiger partial charge in [-0.25, -0.2) is 0 Å². The van der Waals surface area contributed by atoms with Crippen LogP contribution in [0.5, 0.6) is 0 Å². The first kappa shape index (κ1) is 11.9. The molecule has 0 aliphatic heterocycles. The van der Waals surface area contributed by atoms with Crippen LogP contribution in [-0.2, 0) is 9.59 Å². The van der Waals surface area contributed by atoms with Crippen LogP contribution in [0.3, 0.4) is 0 Å². The summed E-state index contributed by atoms with van der Waals surface area (Å²) in [6.07, 6.45) is 4.01. The van der Waals surface area contributed by atoms with E-state index in [4.69, 9.17) is 0 Å². The van der Waals surface area contributed by atoms with Gasteiger partial charge in [0.15, 0.2) is 11.6 Å². The Balaban J connectivity index is 1.93. The van der Waals surface area contributed by atoms with E-state index < -0.39 is 0 Å². The molecule has 2 aromatic rings. The molecule has 0 atom stereocenters. The number of benzene rings is 2. The van der Waals surface area contributed by atoms with Gasteiger partial charge in [0.25, 0.3) is 0 Å². The number of thioether (sulfide) groups is 1. The van der Waals surface area contributed by atoms with Crippen molar-refractivity contribution in [3.8, 4) is 0 Å². The molecule has 0 heterocycles. The first-order chi connectivity index (χ1) is 9.22. The van der Waals surface area contributed by atoms with Crippen molar-refractivity contribution in [2.24, 2.45) is 0 Å². The third-order valence-corrected chi connectivity index (χ3v) is 3.89. The van der Waals surface area contributed by atoms with Crippen molar-refractivity contribution < 1.29 is 9.59 Å². The van der Waals surface area contributed by atoms with E-state index in [1.54, 1.807) is 0 Å². The Morgan fingerprint density at radius 3 is 2.47 bits per heavy atom. The van der Waals surface area contributed by atoms with E-state index >= 15 is 0 Å². The zero-order chi connectivity index (χ0) is 13.2. The topological polar surface area (TPSA) is 34.1 Å². The van der Waals surface area contributed by atoms with Crippen LogP contribution in [0.25, 0.3) is 10.8 Å². The molecular weight excluding hydrogens is 256 g/mol. The lowest BCUT2D eigenvalue weighted by Gasteiger charge is -2.07. The Kier molecular flexibility index (Phi) is 3.05. The minimum Gasteiger partial charge on any atom is -0.290 e. The molecule has 2 nitrogen and oxygen atoms in total. The second kappa shape index (κ2) is 4.86. The standard InChI is InChI=1S/C16H10O2S/c17-13-6-8-15(18)16(10-13)19-14-7-5-11-3-1-2-4-12(11)9-14/h1-10H. The number of rotatable bonds is 2. The summed E-state index contributed by atoms with van der Waals surface area (Å²) in [5, 5.41) is 2.28. The predicted molar refractivity (Wildman–Crippen MR) is 77.0 cm³/mol. The highest BCUT2D eigenvalue weighted by Crippen LogP contribution is 2.31. The van der Waals surface area contributed by atoms with Crippen molar-refractivity contribution in [3.05, 3.63) is 65.6 Å². The zero-order valence-corrected chi connectivity index (χ0v) is 10.8. The maximum Gasteiger partial charge on any atom is 0.192 e. The Morgan fingerprint density at radius 1 is 0.842 bits per heavy atom. The van der Waals surface area contributed by atoms with Crippen LogP contribution in [0.15, 0.2) is 70.5 Å². The second-order valence-electron chi connectivity index (χ2n) is 4.22. The molecule has 0 unspecified atom stereocenters. The summed E-state index contributed by atoms with van der Waals surface area (Å²) in [5.41, 5.74) is 0. The van der Waals surface area contributed by atoms with E-state index in [0.29, 0.717) is 4.91 Å². The molecular formula is C16H10O2S. The van der Waals surface area contributed by atoms with Gasteiger partial charge in [0.1, 0.15) is 0 Å². The fraction of sp³-hybridized carbons (Fsp3) is 0. The summed E-state index contributed by atoms with van der Waals surface area (Å²) >= 11 is 1.33. The van der Waals surface area contributed by atoms with Crippen LogP contribution in [-0.4, -0.2) is 11.6 Å². The molecule has 0 saturated heterocycles. The molecule has 3 rings (SSSR count). The van der Waals surface area contributed by atoms with E-state index in [0.717, 1.165) is 15.7 Å². The lowest BCUT2D eigenvalue weighted by atomic mass is 10.1. The third kappa shape index (κ3) is 2.51. The third-order valence-electron chi connectivity index (χ3n) is 2.86. The number of allylic oxidation sites excluding steroid dienone is 4. The molecule has 0 aromatic heterocycles. The summed E-state index contributed by atoms with van der Waals surface area (Å²) in [6, 6.07) is 14.0. The normalized spacial score (nSPS) is 14.8. The first-order valence-corrected chi connectivity index (χ1v) is 6.69. The SMILES string of the molecule is O=C1C=CC(=O)C(Sc2ccc3ccccc3c2)=C1. The fourth-order valence-electron chi connectivity index (χ4n) is 1.93. The monoisotopic (exact) mass is 266 g/mol. The summed E-state index contributed by atoms with van der Waals surface area (Å²) in [4.78, 5) is 24.4. The second-order valence-corrected chi connectivity index (χ2v) is 5.33. The molecule has 1 aliphatic rings. The Hall–Kier alpha value is -2.13. The molecule has 0 amide bonds. The lowest BCUT2D eigenvalue weighted by Crippen LogP contribution is -2.04. The first-order valence-electron chi connectivity index (χ1n) is 5.87. The van der Waals surface area contributed by atoms with Crippen LogP contribution >= 0.6 is 11.8 Å². The number of hydrogen-bond acceptors (Lipinski definition) is 3. The molecule has 0 N–H and O–H groups in total. The quantitative estimate of drug-likeness (QED) is 0.780. The van der Waals surface area contributed by atoms with Gasteiger partial charge in [-0.2, -0.15) is 0 Å². The van der Waals surface area contributed by atoms with Gasteiger partial charge in [0.05, 0.1) is 4.91 Å². The minimum absolute atomic E-state index is 0.113. The lowest BCUT2D eigenvalue weighted by molar-refractivity contribution is -0.114. The van der Waals surface area contributed by atoms with Gasteiger partial charge in [-0.3, -0.25) is 9.59 Å². The molecule has 19 heavy (non-hydrogen) atoms. The van der Waals surface area contributed by atoms with E-state index in [2.05, 4.69) is 0 Å². The maximum atomic E-state index is 11.7. The Labute approximate surface area is 114 Å². The highest BCUT2D eigenvalue weighted by Gasteiger charge is 2.14. The number of carbonyl (C=O) groups excluding carboxylic acids is 2. The Morgan fingerprint density at radius 2 is 1.63 bits per heavy atom. The molecule has 1 aliphatic carbocycles. The molecule has 0 saturated carbocycles. The fourth-order valence-corrected chi connectivity index (χ4v) is 2.85. The molecule has 0 radical (unpaired) electrons. The van der Waals surface area contributed by atoms with Gasteiger partial charge in [0, 0.05) is 11.0 Å². The van der Waals surface area contributed by atoms with E-state index in [9.17, 15) is 9.59 Å². The largest absolute Gasteiger partial charge is 0.290 e. The predicted octanol–water partition coefficient (Wildman–Crippen LogP) is 3.52. The molecule has 92 valence electrons. The van der Waals surface area contributed by atoms with Gasteiger partial charge in [-0.15, -0.1) is 0 Å². The van der Waals surface area contributed by atoms with Crippen molar-refractivity contribution >= 4 is 34.1 Å². The number of hydrogen-bond donors (Lipinski definition) is 0. The van der Waals surface area contributed by atoms with Gasteiger partial charge in [0.2, 0.25) is 0 Å². The summed E-state index contributed by atoms with van der Waals surface area (Å²) in [5.74, 6) is -0.249. The van der Waals surface area contributed by atoms with Gasteiger partial charge >= 0.3 is 0 Å². The summed E-state index contributed by atoms with van der Waals surface area (Å²) in [7, 11) is 0. The van der Waals surface area contributed by atoms with Crippen LogP contribution < -0.4 is 0 Å². The highest BCUT2D eigenvalue weighted by atomic mass is 32.2. The molecule has 2 aromatic carbocycles. The van der Waals surface area contributed by atoms with Gasteiger partial charge in [-0.05, 0) is 35.1 Å². The van der Waals surface area contributed by atoms with Crippen molar-refractivity contribution in [1.82, 2.24) is 0 Å². The maximum absolute atomic E-state index is 11.7. The molecule has 0 bridgehead atoms. The van der Waals surface area contributed by atoms with Crippen molar-refractivity contribution in [3.63, 3.8) is 0 Å². The molecule has 0 spiro atoms. The van der Waals surface area contributed by atoms with Crippen LogP contribution in [0, 0.1) is 0 Å².